The minimum absolute atomic E-state index is 0.0286. The first-order valence-electron chi connectivity index (χ1n) is 15.3. The van der Waals surface area contributed by atoms with E-state index in [1.807, 2.05) is 82.1 Å². The lowest BCUT2D eigenvalue weighted by atomic mass is 9.89. The Labute approximate surface area is 266 Å². The van der Waals surface area contributed by atoms with Crippen LogP contribution in [0.1, 0.15) is 66.7 Å². The van der Waals surface area contributed by atoms with Gasteiger partial charge >= 0.3 is 6.03 Å². The fraction of sp³-hybridized carbons (Fsp3) is 0.429. The lowest BCUT2D eigenvalue weighted by molar-refractivity contribution is -0.127. The smallest absolute Gasteiger partial charge is 0.318 e. The summed E-state index contributed by atoms with van der Waals surface area (Å²) in [7, 11) is 5.76. The van der Waals surface area contributed by atoms with Crippen LogP contribution in [0.2, 0.25) is 0 Å². The van der Waals surface area contributed by atoms with E-state index in [1.165, 1.54) is 6.08 Å². The molecule has 4 rings (SSSR count). The number of nitrogens with one attached hydrogen (secondary N) is 2. The Bertz CT molecular complexity index is 1530. The van der Waals surface area contributed by atoms with Gasteiger partial charge in [-0.05, 0) is 89.0 Å². The number of hydrogen-bond donors (Lipinski definition) is 2. The number of urea groups is 1. The van der Waals surface area contributed by atoms with E-state index in [1.54, 1.807) is 21.7 Å². The molecule has 238 valence electrons. The fourth-order valence-electron chi connectivity index (χ4n) is 6.31. The van der Waals surface area contributed by atoms with Crippen molar-refractivity contribution in [1.29, 1.82) is 0 Å². The number of aromatic nitrogens is 2. The van der Waals surface area contributed by atoms with Crippen molar-refractivity contribution in [3.8, 4) is 12.3 Å². The maximum atomic E-state index is 13.7. The number of carbonyl (C=O) groups is 3. The van der Waals surface area contributed by atoms with Crippen molar-refractivity contribution < 1.29 is 14.4 Å². The van der Waals surface area contributed by atoms with E-state index in [-0.39, 0.29) is 23.9 Å². The average Bonchev–Trinajstić information content (AvgIpc) is 3.49. The number of hydrogen-bond acceptors (Lipinski definition) is 5. The summed E-state index contributed by atoms with van der Waals surface area (Å²) in [5, 5.41) is 10.8. The van der Waals surface area contributed by atoms with Crippen LogP contribution in [0.5, 0.6) is 0 Å². The third-order valence-corrected chi connectivity index (χ3v) is 8.77. The van der Waals surface area contributed by atoms with E-state index in [0.717, 1.165) is 35.2 Å². The van der Waals surface area contributed by atoms with Crippen molar-refractivity contribution in [3.05, 3.63) is 83.1 Å². The van der Waals surface area contributed by atoms with E-state index >= 15 is 0 Å². The number of aryl methyl sites for hydroxylation is 1. The topological polar surface area (TPSA) is 103 Å². The molecule has 10 heteroatoms. The highest BCUT2D eigenvalue weighted by Gasteiger charge is 2.45. The summed E-state index contributed by atoms with van der Waals surface area (Å²) in [6, 6.07) is 7.22. The second-order valence-electron chi connectivity index (χ2n) is 12.5. The van der Waals surface area contributed by atoms with Gasteiger partial charge in [0.2, 0.25) is 5.91 Å². The summed E-state index contributed by atoms with van der Waals surface area (Å²) >= 11 is 0. The lowest BCUT2D eigenvalue weighted by Crippen LogP contribution is -2.52. The molecule has 2 aromatic rings. The predicted molar refractivity (Wildman–Crippen MR) is 178 cm³/mol. The van der Waals surface area contributed by atoms with Gasteiger partial charge in [0.05, 0.1) is 23.8 Å². The maximum Gasteiger partial charge on any atom is 0.318 e. The Balaban J connectivity index is 1.46. The van der Waals surface area contributed by atoms with Crippen LogP contribution in [0, 0.1) is 12.3 Å². The summed E-state index contributed by atoms with van der Waals surface area (Å²) in [6.45, 7) is 11.8. The number of nitrogens with zero attached hydrogens (tertiary/aromatic N) is 5. The number of piperidine rings is 1. The molecule has 1 saturated heterocycles. The van der Waals surface area contributed by atoms with Gasteiger partial charge in [0.25, 0.3) is 5.91 Å². The van der Waals surface area contributed by atoms with Crippen LogP contribution in [0.3, 0.4) is 0 Å². The van der Waals surface area contributed by atoms with Gasteiger partial charge in [0, 0.05) is 37.8 Å². The molecule has 0 radical (unpaired) electrons. The van der Waals surface area contributed by atoms with Crippen molar-refractivity contribution in [2.45, 2.75) is 57.7 Å². The van der Waals surface area contributed by atoms with Crippen molar-refractivity contribution in [2.24, 2.45) is 7.05 Å². The highest BCUT2D eigenvalue weighted by molar-refractivity contribution is 6.04. The fourth-order valence-corrected chi connectivity index (χ4v) is 6.31. The van der Waals surface area contributed by atoms with Gasteiger partial charge in [0.1, 0.15) is 0 Å². The molecule has 10 nitrogen and oxygen atoms in total. The van der Waals surface area contributed by atoms with Crippen LogP contribution in [0.4, 0.5) is 10.6 Å². The second kappa shape index (κ2) is 14.0. The summed E-state index contributed by atoms with van der Waals surface area (Å²) < 4.78 is 1.75. The van der Waals surface area contributed by atoms with Crippen LogP contribution >= 0.6 is 0 Å². The Morgan fingerprint density at radius 1 is 1.20 bits per heavy atom. The Morgan fingerprint density at radius 2 is 1.87 bits per heavy atom. The molecule has 0 unspecified atom stereocenters. The van der Waals surface area contributed by atoms with Crippen LogP contribution in [0.25, 0.3) is 0 Å². The molecule has 0 aliphatic carbocycles. The Hall–Kier alpha value is -4.62. The molecule has 1 aromatic heterocycles. The zero-order valence-corrected chi connectivity index (χ0v) is 27.3. The van der Waals surface area contributed by atoms with Crippen LogP contribution in [0.15, 0.2) is 60.7 Å². The zero-order chi connectivity index (χ0) is 32.9. The molecular formula is C35H45N7O3. The van der Waals surface area contributed by atoms with E-state index < -0.39 is 5.54 Å². The minimum Gasteiger partial charge on any atom is -0.339 e. The molecule has 2 aliphatic heterocycles. The van der Waals surface area contributed by atoms with Gasteiger partial charge in [-0.15, -0.1) is 6.42 Å². The SMILES string of the molecule is C#C/C=C\C=C(/C)[C@@H](CN(C)C)NC(=O)N1Cc2c(NC(=O)c3ccc(C4CCN(C(=O)C=C)CC4)cc3)nn(C)c2C1(C)C. The van der Waals surface area contributed by atoms with Gasteiger partial charge in [-0.3, -0.25) is 14.3 Å². The second-order valence-corrected chi connectivity index (χ2v) is 12.5. The number of allylic oxidation sites excluding steroid dienone is 3. The molecule has 1 aromatic carbocycles. The van der Waals surface area contributed by atoms with Crippen LogP contribution < -0.4 is 10.6 Å². The standard InChI is InChI=1S/C35H45N7O3/c1-9-11-12-13-24(3)29(23-39(6)7)36-34(45)42-22-28-31(35(42,4)5)40(8)38-32(28)37-33(44)27-16-14-25(15-17-27)26-18-20-41(21-19-26)30(43)10-2/h1,10-17,26,29H,2,18-23H2,3-8H3,(H,36,45)(H,37,38,44)/b12-11-,24-13+/t29-/m1/s1. The quantitative estimate of drug-likeness (QED) is 0.249. The summed E-state index contributed by atoms with van der Waals surface area (Å²) in [6.07, 6.45) is 13.8. The third-order valence-electron chi connectivity index (χ3n) is 8.77. The number of rotatable bonds is 9. The summed E-state index contributed by atoms with van der Waals surface area (Å²) in [5.74, 6) is 2.98. The van der Waals surface area contributed by atoms with Gasteiger partial charge in [-0.2, -0.15) is 5.10 Å². The van der Waals surface area contributed by atoms with Gasteiger partial charge in [0.15, 0.2) is 5.82 Å². The molecule has 4 amide bonds. The lowest BCUT2D eigenvalue weighted by Gasteiger charge is -2.34. The Morgan fingerprint density at radius 3 is 2.47 bits per heavy atom. The van der Waals surface area contributed by atoms with E-state index in [0.29, 0.717) is 43.5 Å². The van der Waals surface area contributed by atoms with Crippen LogP contribution in [-0.4, -0.2) is 82.1 Å². The normalized spacial score (nSPS) is 17.2. The van der Waals surface area contributed by atoms with E-state index in [9.17, 15) is 14.4 Å². The molecule has 2 aliphatic rings. The monoisotopic (exact) mass is 611 g/mol. The predicted octanol–water partition coefficient (Wildman–Crippen LogP) is 4.39. The van der Waals surface area contributed by atoms with Gasteiger partial charge in [-0.1, -0.05) is 36.8 Å². The van der Waals surface area contributed by atoms with Crippen molar-refractivity contribution in [1.82, 2.24) is 29.8 Å². The molecule has 3 heterocycles. The number of benzene rings is 1. The maximum absolute atomic E-state index is 13.7. The molecule has 0 spiro atoms. The number of anilines is 1. The van der Waals surface area contributed by atoms with Crippen LogP contribution in [-0.2, 0) is 23.9 Å². The largest absolute Gasteiger partial charge is 0.339 e. The van der Waals surface area contributed by atoms with E-state index in [2.05, 4.69) is 28.2 Å². The number of likely N-dealkylation sites (N-methyl/N-ethyl adjacent to an activating group) is 1. The first-order chi connectivity index (χ1) is 21.4. The molecule has 1 fully saturated rings. The molecule has 1 atom stereocenters. The average molecular weight is 612 g/mol. The highest BCUT2D eigenvalue weighted by Crippen LogP contribution is 2.42. The number of fused-ring (bicyclic) bond motifs is 1. The van der Waals surface area contributed by atoms with E-state index in [4.69, 9.17) is 6.42 Å². The number of amides is 4. The van der Waals surface area contributed by atoms with Crippen molar-refractivity contribution in [3.63, 3.8) is 0 Å². The summed E-state index contributed by atoms with van der Waals surface area (Å²) in [4.78, 5) is 44.6. The van der Waals surface area contributed by atoms with Gasteiger partial charge < -0.3 is 25.3 Å². The highest BCUT2D eigenvalue weighted by atomic mass is 16.2. The Kier molecular flexibility index (Phi) is 10.3. The first kappa shape index (κ1) is 33.3. The molecule has 2 N–H and O–H groups in total. The molecule has 0 saturated carbocycles. The third kappa shape index (κ3) is 7.37. The minimum atomic E-state index is -0.665. The first-order valence-corrected chi connectivity index (χ1v) is 15.3. The molecule has 0 bridgehead atoms. The van der Waals surface area contributed by atoms with Crippen molar-refractivity contribution >= 4 is 23.7 Å². The summed E-state index contributed by atoms with van der Waals surface area (Å²) in [5.41, 5.74) is 3.68. The molecule has 45 heavy (non-hydrogen) atoms. The van der Waals surface area contributed by atoms with Gasteiger partial charge in [-0.25, -0.2) is 4.79 Å². The number of terminal acetylenes is 1. The molecular weight excluding hydrogens is 566 g/mol. The van der Waals surface area contributed by atoms with Crippen molar-refractivity contribution in [2.75, 3.05) is 39.0 Å². The zero-order valence-electron chi connectivity index (χ0n) is 27.3. The number of carbonyl (C=O) groups excluding carboxylic acids is 3. The number of likely N-dealkylation sites (tertiary alicyclic amines) is 1.